The molecule has 0 aliphatic heterocycles. The van der Waals surface area contributed by atoms with Crippen LogP contribution in [0.25, 0.3) is 11.1 Å². The van der Waals surface area contributed by atoms with Crippen molar-refractivity contribution in [2.24, 2.45) is 0 Å². The van der Waals surface area contributed by atoms with Crippen LogP contribution in [0.5, 0.6) is 0 Å². The number of sulfonamides is 1. The summed E-state index contributed by atoms with van der Waals surface area (Å²) in [6, 6.07) is 12.8. The zero-order chi connectivity index (χ0) is 31.8. The summed E-state index contributed by atoms with van der Waals surface area (Å²) >= 11 is 0. The zero-order valence-electron chi connectivity index (χ0n) is 24.4. The number of nitrogens with zero attached hydrogens (tertiary/aromatic N) is 2. The van der Waals surface area contributed by atoms with Gasteiger partial charge < -0.3 is 15.5 Å². The maximum Gasteiger partial charge on any atom is 0.416 e. The first-order valence-electron chi connectivity index (χ1n) is 13.9. The van der Waals surface area contributed by atoms with Crippen molar-refractivity contribution >= 4 is 16.0 Å². The quantitative estimate of drug-likeness (QED) is 0.215. The van der Waals surface area contributed by atoms with Crippen LogP contribution in [0.4, 0.5) is 13.2 Å². The number of carboxylic acids is 1. The van der Waals surface area contributed by atoms with Gasteiger partial charge in [-0.25, -0.2) is 8.42 Å². The molecule has 43 heavy (non-hydrogen) atoms. The Bertz CT molecular complexity index is 1460. The van der Waals surface area contributed by atoms with Gasteiger partial charge in [0.15, 0.2) is 0 Å². The number of nitrogens with one attached hydrogen (secondary N) is 1. The number of likely N-dealkylation sites (N-methyl/N-ethyl adjacent to an activating group) is 1. The second-order valence-corrected chi connectivity index (χ2v) is 13.3. The van der Waals surface area contributed by atoms with Gasteiger partial charge in [0.25, 0.3) is 0 Å². The molecule has 0 saturated heterocycles. The normalized spacial score (nSPS) is 13.3. The summed E-state index contributed by atoms with van der Waals surface area (Å²) in [6.07, 6.45) is 0.277. The Balaban J connectivity index is 1.69. The van der Waals surface area contributed by atoms with E-state index in [2.05, 4.69) is 10.3 Å². The van der Waals surface area contributed by atoms with Crippen molar-refractivity contribution in [3.63, 3.8) is 0 Å². The third kappa shape index (κ3) is 10.4. The molecule has 0 aliphatic rings. The van der Waals surface area contributed by atoms with Crippen LogP contribution in [-0.2, 0) is 33.8 Å². The molecule has 0 aliphatic carbocycles. The molecule has 0 saturated carbocycles. The first-order valence-corrected chi connectivity index (χ1v) is 15.3. The van der Waals surface area contributed by atoms with Crippen LogP contribution < -0.4 is 5.32 Å². The summed E-state index contributed by atoms with van der Waals surface area (Å²) < 4.78 is 69.0. The van der Waals surface area contributed by atoms with Gasteiger partial charge in [-0.2, -0.15) is 17.5 Å². The van der Waals surface area contributed by atoms with Crippen LogP contribution in [-0.4, -0.2) is 65.7 Å². The van der Waals surface area contributed by atoms with Gasteiger partial charge in [0.05, 0.1) is 16.6 Å². The van der Waals surface area contributed by atoms with Crippen molar-refractivity contribution < 1.29 is 36.6 Å². The lowest BCUT2D eigenvalue weighted by Gasteiger charge is -2.29. The Labute approximate surface area is 250 Å². The number of aliphatic carboxylic acids is 1. The van der Waals surface area contributed by atoms with Gasteiger partial charge in [0.2, 0.25) is 10.0 Å². The second kappa shape index (κ2) is 14.4. The number of aromatic nitrogens is 1. The molecule has 3 aromatic rings. The van der Waals surface area contributed by atoms with E-state index in [1.165, 1.54) is 30.8 Å². The fraction of sp³-hybridized carbons (Fsp3) is 0.419. The fourth-order valence-electron chi connectivity index (χ4n) is 4.60. The van der Waals surface area contributed by atoms with Crippen LogP contribution in [0.2, 0.25) is 0 Å². The average molecular weight is 622 g/mol. The third-order valence-electron chi connectivity index (χ3n) is 7.16. The van der Waals surface area contributed by atoms with Gasteiger partial charge in [-0.15, -0.1) is 0 Å². The van der Waals surface area contributed by atoms with Crippen LogP contribution >= 0.6 is 0 Å². The zero-order valence-corrected chi connectivity index (χ0v) is 25.3. The molecule has 8 nitrogen and oxygen atoms in total. The fourth-order valence-corrected chi connectivity index (χ4v) is 5.88. The smallest absolute Gasteiger partial charge is 0.416 e. The molecular formula is C31H38F3N3O5S. The lowest BCUT2D eigenvalue weighted by atomic mass is 9.95. The Morgan fingerprint density at radius 3 is 2.21 bits per heavy atom. The van der Waals surface area contributed by atoms with E-state index in [0.29, 0.717) is 17.2 Å². The van der Waals surface area contributed by atoms with E-state index in [1.54, 1.807) is 24.5 Å². The number of pyridine rings is 1. The average Bonchev–Trinajstić information content (AvgIpc) is 2.95. The third-order valence-corrected chi connectivity index (χ3v) is 8.96. The van der Waals surface area contributed by atoms with Crippen molar-refractivity contribution in [2.45, 2.75) is 68.7 Å². The van der Waals surface area contributed by atoms with Gasteiger partial charge in [0, 0.05) is 44.5 Å². The molecule has 0 amide bonds. The molecule has 1 aromatic heterocycles. The highest BCUT2D eigenvalue weighted by molar-refractivity contribution is 7.89. The Morgan fingerprint density at radius 2 is 1.60 bits per heavy atom. The number of alkyl halides is 3. The second-order valence-electron chi connectivity index (χ2n) is 11.2. The van der Waals surface area contributed by atoms with Gasteiger partial charge in [-0.3, -0.25) is 9.78 Å². The first kappa shape index (κ1) is 34.2. The summed E-state index contributed by atoms with van der Waals surface area (Å²) in [7, 11) is -3.18. The molecule has 1 heterocycles. The van der Waals surface area contributed by atoms with Crippen LogP contribution in [0.3, 0.4) is 0 Å². The molecule has 2 aromatic carbocycles. The molecule has 12 heteroatoms. The molecule has 234 valence electrons. The summed E-state index contributed by atoms with van der Waals surface area (Å²) in [5.74, 6) is -0.970. The number of β-amino-alcohol motifs (C(OH)–C–C–N with tert-alkyl or cyclic N) is 1. The number of carbonyl (C=O) groups is 1. The van der Waals surface area contributed by atoms with Gasteiger partial charge in [-0.1, -0.05) is 24.3 Å². The van der Waals surface area contributed by atoms with Crippen molar-refractivity contribution in [1.29, 1.82) is 0 Å². The number of hydrogen-bond donors (Lipinski definition) is 3. The molecule has 3 rings (SSSR count). The van der Waals surface area contributed by atoms with E-state index < -0.39 is 38.7 Å². The molecule has 1 atom stereocenters. The topological polar surface area (TPSA) is 120 Å². The number of rotatable bonds is 15. The SMILES string of the molecule is CN(CC(O)CNC(C)(C)CCCc1ccncc1)S(=O)(=O)c1cc(-c2ccc(CCC(=O)O)cc2)cc(C(F)(F)F)c1. The van der Waals surface area contributed by atoms with Crippen LogP contribution in [0.15, 0.2) is 71.9 Å². The maximum absolute atomic E-state index is 13.8. The minimum Gasteiger partial charge on any atom is -0.481 e. The van der Waals surface area contributed by atoms with Crippen LogP contribution in [0.1, 0.15) is 49.8 Å². The molecular weight excluding hydrogens is 583 g/mol. The largest absolute Gasteiger partial charge is 0.481 e. The van der Waals surface area contributed by atoms with Gasteiger partial charge >= 0.3 is 12.1 Å². The lowest BCUT2D eigenvalue weighted by molar-refractivity contribution is -0.138. The summed E-state index contributed by atoms with van der Waals surface area (Å²) in [4.78, 5) is 14.3. The molecule has 0 spiro atoms. The summed E-state index contributed by atoms with van der Waals surface area (Å²) in [5, 5.41) is 22.7. The lowest BCUT2D eigenvalue weighted by Crippen LogP contribution is -2.46. The van der Waals surface area contributed by atoms with E-state index in [-0.39, 0.29) is 37.0 Å². The highest BCUT2D eigenvalue weighted by Gasteiger charge is 2.34. The highest BCUT2D eigenvalue weighted by Crippen LogP contribution is 2.35. The summed E-state index contributed by atoms with van der Waals surface area (Å²) in [5.41, 5.74) is 0.781. The number of halogens is 3. The molecule has 0 bridgehead atoms. The Morgan fingerprint density at radius 1 is 0.977 bits per heavy atom. The van der Waals surface area contributed by atoms with Crippen LogP contribution in [0, 0.1) is 0 Å². The monoisotopic (exact) mass is 621 g/mol. The maximum atomic E-state index is 13.8. The molecule has 3 N–H and O–H groups in total. The van der Waals surface area contributed by atoms with E-state index in [9.17, 15) is 31.5 Å². The Kier molecular flexibility index (Phi) is 11.5. The van der Waals surface area contributed by atoms with E-state index in [1.807, 2.05) is 26.0 Å². The standard InChI is InChI=1S/C31H38F3N3O5S/c1-30(2,14-4-5-22-12-15-35-16-13-22)36-20-27(38)21-37(3)43(41,42)28-18-25(17-26(19-28)31(32,33)34)24-9-6-23(7-10-24)8-11-29(39)40/h6-7,9-10,12-13,15-19,27,36,38H,4-5,8,11,14,20-21H2,1-3H3,(H,39,40). The predicted octanol–water partition coefficient (Wildman–Crippen LogP) is 5.16. The van der Waals surface area contributed by atoms with Gasteiger partial charge in [-0.05, 0) is 92.1 Å². The van der Waals surface area contributed by atoms with E-state index in [0.717, 1.165) is 29.6 Å². The number of carboxylic acid groups (broad SMARTS) is 1. The van der Waals surface area contributed by atoms with Crippen molar-refractivity contribution in [2.75, 3.05) is 20.1 Å². The minimum atomic E-state index is -4.80. The number of hydrogen-bond acceptors (Lipinski definition) is 6. The molecule has 1 unspecified atom stereocenters. The van der Waals surface area contributed by atoms with Crippen molar-refractivity contribution in [1.82, 2.24) is 14.6 Å². The molecule has 0 radical (unpaired) electrons. The molecule has 0 fully saturated rings. The number of aryl methyl sites for hydroxylation is 2. The predicted molar refractivity (Wildman–Crippen MR) is 158 cm³/mol. The Hall–Kier alpha value is -3.32. The summed E-state index contributed by atoms with van der Waals surface area (Å²) in [6.45, 7) is 3.72. The highest BCUT2D eigenvalue weighted by atomic mass is 32.2. The number of aliphatic hydroxyl groups is 1. The van der Waals surface area contributed by atoms with E-state index >= 15 is 0 Å². The van der Waals surface area contributed by atoms with Crippen molar-refractivity contribution in [3.05, 3.63) is 83.7 Å². The first-order chi connectivity index (χ1) is 20.1. The van der Waals surface area contributed by atoms with Gasteiger partial charge in [0.1, 0.15) is 0 Å². The number of aliphatic hydroxyl groups excluding tert-OH is 1. The van der Waals surface area contributed by atoms with Crippen molar-refractivity contribution in [3.8, 4) is 11.1 Å². The van der Waals surface area contributed by atoms with E-state index in [4.69, 9.17) is 5.11 Å². The minimum absolute atomic E-state index is 0.0438. The number of benzene rings is 2.